The maximum absolute atomic E-state index is 13.3. The number of benzene rings is 2. The molecule has 10 nitrogen and oxygen atoms in total. The van der Waals surface area contributed by atoms with Crippen LogP contribution >= 0.6 is 0 Å². The molecule has 2 saturated heterocycles. The molecule has 0 bridgehead atoms. The van der Waals surface area contributed by atoms with Gasteiger partial charge in [-0.2, -0.15) is 8.61 Å². The Balaban J connectivity index is 1.45. The van der Waals surface area contributed by atoms with Gasteiger partial charge in [-0.25, -0.2) is 16.8 Å². The van der Waals surface area contributed by atoms with Crippen LogP contribution in [0.15, 0.2) is 46.2 Å². The molecule has 1 N–H and O–H groups in total. The fourth-order valence-electron chi connectivity index (χ4n) is 4.96. The summed E-state index contributed by atoms with van der Waals surface area (Å²) in [6.07, 6.45) is 3.05. The van der Waals surface area contributed by atoms with E-state index in [1.807, 2.05) is 7.05 Å². The van der Waals surface area contributed by atoms with Gasteiger partial charge in [0.25, 0.3) is 0 Å². The molecule has 2 fully saturated rings. The van der Waals surface area contributed by atoms with Crippen molar-refractivity contribution in [1.29, 1.82) is 0 Å². The zero-order chi connectivity index (χ0) is 28.2. The average molecular weight is 579 g/mol. The molecule has 0 atom stereocenters. The number of piperazine rings is 1. The molecule has 0 aliphatic carbocycles. The zero-order valence-electron chi connectivity index (χ0n) is 22.8. The number of carbonyl (C=O) groups is 1. The number of carbonyl (C=O) groups excluding carboxylic acids is 1. The van der Waals surface area contributed by atoms with E-state index in [0.29, 0.717) is 61.8 Å². The topological polar surface area (TPSA) is 116 Å². The Morgan fingerprint density at radius 3 is 2.21 bits per heavy atom. The normalized spacial score (nSPS) is 18.1. The third-order valence-electron chi connectivity index (χ3n) is 7.38. The van der Waals surface area contributed by atoms with Gasteiger partial charge in [-0.1, -0.05) is 12.5 Å². The largest absolute Gasteiger partial charge is 0.496 e. The number of methoxy groups -OCH3 is 1. The third kappa shape index (κ3) is 6.80. The van der Waals surface area contributed by atoms with E-state index in [-0.39, 0.29) is 28.5 Å². The number of rotatable bonds is 9. The number of hydrogen-bond donors (Lipinski definition) is 1. The molecule has 0 aromatic heterocycles. The summed E-state index contributed by atoms with van der Waals surface area (Å²) in [5.41, 5.74) is 1.63. The molecule has 12 heteroatoms. The molecule has 4 rings (SSSR count). The minimum absolute atomic E-state index is 0.0675. The monoisotopic (exact) mass is 578 g/mol. The van der Waals surface area contributed by atoms with Gasteiger partial charge in [0, 0.05) is 51.4 Å². The molecular weight excluding hydrogens is 540 g/mol. The molecule has 0 radical (unpaired) electrons. The van der Waals surface area contributed by atoms with E-state index in [1.54, 1.807) is 37.3 Å². The molecule has 0 unspecified atom stereocenters. The second-order valence-electron chi connectivity index (χ2n) is 10.2. The van der Waals surface area contributed by atoms with Crippen LogP contribution in [0.25, 0.3) is 0 Å². The number of likely N-dealkylation sites (N-methyl/N-ethyl adjacent to an activating group) is 1. The SMILES string of the molecule is COc1ccc(S(=O)(=O)N2CCCCC2)cc1CCC(=O)Nc1ccc(C)c(S(=O)(=O)N2CCN(C)CC2)c1. The van der Waals surface area contributed by atoms with Crippen LogP contribution < -0.4 is 10.1 Å². The first-order valence-corrected chi connectivity index (χ1v) is 16.2. The Morgan fingerprint density at radius 1 is 0.872 bits per heavy atom. The van der Waals surface area contributed by atoms with Crippen molar-refractivity contribution in [3.05, 3.63) is 47.5 Å². The standard InChI is InChI=1S/C27H38N4O6S2/c1-21-7-9-23(20-26(21)39(35,36)31-17-15-29(2)16-18-31)28-27(32)12-8-22-19-24(10-11-25(22)37-3)38(33,34)30-13-5-4-6-14-30/h7,9-11,19-20H,4-6,8,12-18H2,1-3H3,(H,28,32). The van der Waals surface area contributed by atoms with Gasteiger partial charge in [0.1, 0.15) is 5.75 Å². The summed E-state index contributed by atoms with van der Waals surface area (Å²) in [7, 11) is -3.84. The summed E-state index contributed by atoms with van der Waals surface area (Å²) in [6.45, 7) is 4.93. The molecular formula is C27H38N4O6S2. The van der Waals surface area contributed by atoms with Gasteiger partial charge in [0.15, 0.2) is 0 Å². The summed E-state index contributed by atoms with van der Waals surface area (Å²) >= 11 is 0. The highest BCUT2D eigenvalue weighted by Crippen LogP contribution is 2.28. The van der Waals surface area contributed by atoms with Crippen LogP contribution in [-0.2, 0) is 31.3 Å². The first-order valence-electron chi connectivity index (χ1n) is 13.3. The fourth-order valence-corrected chi connectivity index (χ4v) is 8.20. The highest BCUT2D eigenvalue weighted by molar-refractivity contribution is 7.89. The van der Waals surface area contributed by atoms with E-state index in [0.717, 1.165) is 19.3 Å². The lowest BCUT2D eigenvalue weighted by Gasteiger charge is -2.32. The van der Waals surface area contributed by atoms with E-state index < -0.39 is 20.0 Å². The molecule has 2 aromatic rings. The van der Waals surface area contributed by atoms with Gasteiger partial charge in [-0.05, 0) is 74.7 Å². The molecule has 39 heavy (non-hydrogen) atoms. The van der Waals surface area contributed by atoms with E-state index in [9.17, 15) is 21.6 Å². The van der Waals surface area contributed by atoms with Crippen LogP contribution in [0.3, 0.4) is 0 Å². The molecule has 2 aliphatic heterocycles. The van der Waals surface area contributed by atoms with Crippen molar-refractivity contribution in [2.24, 2.45) is 0 Å². The number of nitrogens with zero attached hydrogens (tertiary/aromatic N) is 3. The average Bonchev–Trinajstić information content (AvgIpc) is 2.93. The van der Waals surface area contributed by atoms with Crippen molar-refractivity contribution in [2.75, 3.05) is 58.7 Å². The Hall–Kier alpha value is -2.51. The fraction of sp³-hybridized carbons (Fsp3) is 0.519. The quantitative estimate of drug-likeness (QED) is 0.486. The van der Waals surface area contributed by atoms with Gasteiger partial charge in [-0.15, -0.1) is 0 Å². The summed E-state index contributed by atoms with van der Waals surface area (Å²) < 4.78 is 61.3. The Labute approximate surface area is 232 Å². The van der Waals surface area contributed by atoms with Crippen molar-refractivity contribution in [3.8, 4) is 5.75 Å². The number of ether oxygens (including phenoxy) is 1. The second kappa shape index (κ2) is 12.3. The maximum atomic E-state index is 13.3. The number of anilines is 1. The van der Waals surface area contributed by atoms with Crippen LogP contribution in [0.2, 0.25) is 0 Å². The minimum atomic E-state index is -3.69. The first kappa shape index (κ1) is 29.5. The Bertz CT molecular complexity index is 1400. The molecule has 1 amide bonds. The van der Waals surface area contributed by atoms with Crippen LogP contribution in [-0.4, -0.2) is 89.7 Å². The van der Waals surface area contributed by atoms with Crippen molar-refractivity contribution in [3.63, 3.8) is 0 Å². The van der Waals surface area contributed by atoms with Gasteiger partial charge >= 0.3 is 0 Å². The highest BCUT2D eigenvalue weighted by atomic mass is 32.2. The van der Waals surface area contributed by atoms with Crippen molar-refractivity contribution < 1.29 is 26.4 Å². The molecule has 2 aromatic carbocycles. The first-order chi connectivity index (χ1) is 18.5. The molecule has 0 spiro atoms. The number of nitrogens with one attached hydrogen (secondary N) is 1. The number of amides is 1. The lowest BCUT2D eigenvalue weighted by Crippen LogP contribution is -2.47. The highest BCUT2D eigenvalue weighted by Gasteiger charge is 2.29. The number of piperidine rings is 1. The lowest BCUT2D eigenvalue weighted by molar-refractivity contribution is -0.116. The predicted molar refractivity (Wildman–Crippen MR) is 150 cm³/mol. The van der Waals surface area contributed by atoms with E-state index in [2.05, 4.69) is 10.2 Å². The van der Waals surface area contributed by atoms with Crippen molar-refractivity contribution in [1.82, 2.24) is 13.5 Å². The van der Waals surface area contributed by atoms with Crippen LogP contribution in [0, 0.1) is 6.92 Å². The minimum Gasteiger partial charge on any atom is -0.496 e. The molecule has 0 saturated carbocycles. The van der Waals surface area contributed by atoms with Crippen molar-refractivity contribution in [2.45, 2.75) is 48.8 Å². The second-order valence-corrected chi connectivity index (χ2v) is 14.0. The smallest absolute Gasteiger partial charge is 0.243 e. The van der Waals surface area contributed by atoms with Crippen LogP contribution in [0.4, 0.5) is 5.69 Å². The summed E-state index contributed by atoms with van der Waals surface area (Å²) in [5, 5.41) is 2.80. The summed E-state index contributed by atoms with van der Waals surface area (Å²) in [6, 6.07) is 9.63. The van der Waals surface area contributed by atoms with Gasteiger partial charge in [0.05, 0.1) is 16.9 Å². The van der Waals surface area contributed by atoms with Crippen molar-refractivity contribution >= 4 is 31.6 Å². The van der Waals surface area contributed by atoms with E-state index >= 15 is 0 Å². The van der Waals surface area contributed by atoms with E-state index in [1.165, 1.54) is 21.8 Å². The predicted octanol–water partition coefficient (Wildman–Crippen LogP) is 2.69. The molecule has 2 heterocycles. The molecule has 214 valence electrons. The Kier molecular flexibility index (Phi) is 9.33. The summed E-state index contributed by atoms with van der Waals surface area (Å²) in [4.78, 5) is 15.3. The summed E-state index contributed by atoms with van der Waals surface area (Å²) in [5.74, 6) is 0.199. The third-order valence-corrected chi connectivity index (χ3v) is 11.3. The maximum Gasteiger partial charge on any atom is 0.243 e. The molecule has 2 aliphatic rings. The van der Waals surface area contributed by atoms with Crippen LogP contribution in [0.1, 0.15) is 36.8 Å². The van der Waals surface area contributed by atoms with Gasteiger partial charge in [0.2, 0.25) is 26.0 Å². The van der Waals surface area contributed by atoms with Crippen LogP contribution in [0.5, 0.6) is 5.75 Å². The number of hydrogen-bond acceptors (Lipinski definition) is 7. The number of sulfonamides is 2. The van der Waals surface area contributed by atoms with Gasteiger partial charge in [-0.3, -0.25) is 4.79 Å². The van der Waals surface area contributed by atoms with E-state index in [4.69, 9.17) is 4.74 Å². The Morgan fingerprint density at radius 2 is 1.54 bits per heavy atom. The number of aryl methyl sites for hydroxylation is 2. The van der Waals surface area contributed by atoms with Gasteiger partial charge < -0.3 is 15.0 Å². The lowest BCUT2D eigenvalue weighted by atomic mass is 10.1. The zero-order valence-corrected chi connectivity index (χ0v) is 24.5.